The standard InChI is InChI=1S/C47H84O6/c1-4-7-10-13-15-17-19-21-22-23-24-26-27-29-31-34-37-40-46(49)52-43-44(42-51-45(48)39-36-33-12-9-6-3)53-47(50)41-38-35-32-30-28-25-20-18-16-14-11-8-5-2/h15,17-18,20-22,44H,4-14,16,19,23-43H2,1-3H3/b17-15-,20-18-,22-21-. The molecule has 6 heteroatoms. The summed E-state index contributed by atoms with van der Waals surface area (Å²) >= 11 is 0. The maximum Gasteiger partial charge on any atom is 0.306 e. The topological polar surface area (TPSA) is 78.9 Å². The van der Waals surface area contributed by atoms with Crippen molar-refractivity contribution in [2.24, 2.45) is 0 Å². The molecule has 0 spiro atoms. The van der Waals surface area contributed by atoms with Gasteiger partial charge < -0.3 is 14.2 Å². The Bertz CT molecular complexity index is 907. The van der Waals surface area contributed by atoms with Crippen LogP contribution in [0.25, 0.3) is 0 Å². The lowest BCUT2D eigenvalue weighted by molar-refractivity contribution is -0.167. The predicted octanol–water partition coefficient (Wildman–Crippen LogP) is 14.2. The van der Waals surface area contributed by atoms with E-state index in [9.17, 15) is 14.4 Å². The largest absolute Gasteiger partial charge is 0.462 e. The zero-order valence-corrected chi connectivity index (χ0v) is 35.0. The molecule has 0 saturated carbocycles. The molecule has 0 aromatic heterocycles. The van der Waals surface area contributed by atoms with Crippen LogP contribution in [0.2, 0.25) is 0 Å². The summed E-state index contributed by atoms with van der Waals surface area (Å²) in [5.41, 5.74) is 0. The maximum atomic E-state index is 12.6. The van der Waals surface area contributed by atoms with E-state index in [1.807, 2.05) is 0 Å². The Labute approximate surface area is 327 Å². The van der Waals surface area contributed by atoms with Crippen LogP contribution in [0.5, 0.6) is 0 Å². The van der Waals surface area contributed by atoms with E-state index in [0.717, 1.165) is 89.9 Å². The molecule has 0 radical (unpaired) electrons. The average molecular weight is 745 g/mol. The van der Waals surface area contributed by atoms with Crippen LogP contribution in [0.15, 0.2) is 36.5 Å². The van der Waals surface area contributed by atoms with E-state index < -0.39 is 6.10 Å². The lowest BCUT2D eigenvalue weighted by Crippen LogP contribution is -2.30. The maximum absolute atomic E-state index is 12.6. The highest BCUT2D eigenvalue weighted by atomic mass is 16.6. The van der Waals surface area contributed by atoms with Gasteiger partial charge in [0.15, 0.2) is 6.10 Å². The molecule has 0 fully saturated rings. The molecular formula is C47H84O6. The Morgan fingerprint density at radius 2 is 0.679 bits per heavy atom. The van der Waals surface area contributed by atoms with Crippen molar-refractivity contribution in [2.45, 2.75) is 232 Å². The Morgan fingerprint density at radius 1 is 0.377 bits per heavy atom. The summed E-state index contributed by atoms with van der Waals surface area (Å²) in [4.78, 5) is 37.4. The first kappa shape index (κ1) is 50.6. The molecule has 0 bridgehead atoms. The van der Waals surface area contributed by atoms with Crippen molar-refractivity contribution in [1.29, 1.82) is 0 Å². The van der Waals surface area contributed by atoms with Gasteiger partial charge >= 0.3 is 17.9 Å². The molecule has 0 heterocycles. The van der Waals surface area contributed by atoms with E-state index in [1.165, 1.54) is 96.3 Å². The van der Waals surface area contributed by atoms with Crippen molar-refractivity contribution in [3.8, 4) is 0 Å². The first-order valence-electron chi connectivity index (χ1n) is 22.5. The fourth-order valence-electron chi connectivity index (χ4n) is 6.17. The van der Waals surface area contributed by atoms with E-state index in [2.05, 4.69) is 57.2 Å². The van der Waals surface area contributed by atoms with Gasteiger partial charge in [-0.05, 0) is 77.0 Å². The average Bonchev–Trinajstić information content (AvgIpc) is 3.15. The van der Waals surface area contributed by atoms with E-state index in [4.69, 9.17) is 14.2 Å². The van der Waals surface area contributed by atoms with Gasteiger partial charge in [-0.2, -0.15) is 0 Å². The number of rotatable bonds is 40. The van der Waals surface area contributed by atoms with E-state index in [1.54, 1.807) is 0 Å². The van der Waals surface area contributed by atoms with Gasteiger partial charge in [0.05, 0.1) is 0 Å². The second kappa shape index (κ2) is 42.4. The monoisotopic (exact) mass is 745 g/mol. The number of hydrogen-bond donors (Lipinski definition) is 0. The number of ether oxygens (including phenoxy) is 3. The molecule has 0 aromatic carbocycles. The van der Waals surface area contributed by atoms with Crippen molar-refractivity contribution in [2.75, 3.05) is 13.2 Å². The zero-order chi connectivity index (χ0) is 38.7. The quantitative estimate of drug-likeness (QED) is 0.0269. The van der Waals surface area contributed by atoms with Crippen molar-refractivity contribution in [3.05, 3.63) is 36.5 Å². The van der Waals surface area contributed by atoms with Crippen molar-refractivity contribution < 1.29 is 28.6 Å². The third-order valence-corrected chi connectivity index (χ3v) is 9.62. The van der Waals surface area contributed by atoms with Crippen LogP contribution in [0.3, 0.4) is 0 Å². The smallest absolute Gasteiger partial charge is 0.306 e. The van der Waals surface area contributed by atoms with Crippen LogP contribution in [-0.2, 0) is 28.6 Å². The number of unbranched alkanes of at least 4 members (excludes halogenated alkanes) is 23. The summed E-state index contributed by atoms with van der Waals surface area (Å²) in [5.74, 6) is -0.908. The zero-order valence-electron chi connectivity index (χ0n) is 35.0. The second-order valence-corrected chi connectivity index (χ2v) is 15.0. The number of hydrogen-bond acceptors (Lipinski definition) is 6. The van der Waals surface area contributed by atoms with Crippen LogP contribution >= 0.6 is 0 Å². The SMILES string of the molecule is CCCCC/C=C\C/C=C\CCCCCCCCCC(=O)OCC(COC(=O)CCCCCCC)OC(=O)CCCCCCC/C=C\CCCCCC. The van der Waals surface area contributed by atoms with E-state index >= 15 is 0 Å². The van der Waals surface area contributed by atoms with Crippen LogP contribution < -0.4 is 0 Å². The minimum atomic E-state index is -0.772. The number of esters is 3. The van der Waals surface area contributed by atoms with Crippen molar-refractivity contribution in [3.63, 3.8) is 0 Å². The summed E-state index contributed by atoms with van der Waals surface area (Å²) in [6.07, 6.45) is 47.2. The number of allylic oxidation sites excluding steroid dienone is 6. The van der Waals surface area contributed by atoms with Gasteiger partial charge in [-0.1, -0.05) is 166 Å². The Morgan fingerprint density at radius 3 is 1.11 bits per heavy atom. The lowest BCUT2D eigenvalue weighted by atomic mass is 10.1. The molecule has 0 rings (SSSR count). The highest BCUT2D eigenvalue weighted by Gasteiger charge is 2.19. The highest BCUT2D eigenvalue weighted by Crippen LogP contribution is 2.13. The molecule has 0 aromatic rings. The van der Waals surface area contributed by atoms with Gasteiger partial charge in [0, 0.05) is 19.3 Å². The molecule has 1 atom stereocenters. The van der Waals surface area contributed by atoms with E-state index in [0.29, 0.717) is 19.3 Å². The second-order valence-electron chi connectivity index (χ2n) is 15.0. The van der Waals surface area contributed by atoms with Crippen molar-refractivity contribution >= 4 is 17.9 Å². The van der Waals surface area contributed by atoms with Crippen LogP contribution in [0.4, 0.5) is 0 Å². The summed E-state index contributed by atoms with van der Waals surface area (Å²) in [6, 6.07) is 0. The lowest BCUT2D eigenvalue weighted by Gasteiger charge is -2.18. The first-order chi connectivity index (χ1) is 26.0. The number of carbonyl (C=O) groups excluding carboxylic acids is 3. The minimum Gasteiger partial charge on any atom is -0.462 e. The normalized spacial score (nSPS) is 12.3. The van der Waals surface area contributed by atoms with Gasteiger partial charge in [-0.25, -0.2) is 0 Å². The summed E-state index contributed by atoms with van der Waals surface area (Å²) in [6.45, 7) is 6.49. The first-order valence-corrected chi connectivity index (χ1v) is 22.5. The van der Waals surface area contributed by atoms with Gasteiger partial charge in [-0.15, -0.1) is 0 Å². The fraction of sp³-hybridized carbons (Fsp3) is 0.809. The molecule has 0 amide bonds. The Kier molecular flexibility index (Phi) is 40.5. The highest BCUT2D eigenvalue weighted by molar-refractivity contribution is 5.71. The Hall–Kier alpha value is -2.37. The van der Waals surface area contributed by atoms with Crippen LogP contribution in [0.1, 0.15) is 226 Å². The molecular weight excluding hydrogens is 661 g/mol. The molecule has 6 nitrogen and oxygen atoms in total. The summed E-state index contributed by atoms with van der Waals surface area (Å²) in [7, 11) is 0. The minimum absolute atomic E-state index is 0.0785. The molecule has 0 aliphatic carbocycles. The molecule has 53 heavy (non-hydrogen) atoms. The molecule has 0 N–H and O–H groups in total. The molecule has 0 aliphatic heterocycles. The summed E-state index contributed by atoms with van der Waals surface area (Å²) < 4.78 is 16.6. The van der Waals surface area contributed by atoms with Gasteiger partial charge in [-0.3, -0.25) is 14.4 Å². The van der Waals surface area contributed by atoms with Gasteiger partial charge in [0.1, 0.15) is 13.2 Å². The molecule has 0 aliphatic rings. The summed E-state index contributed by atoms with van der Waals surface area (Å²) in [5, 5.41) is 0. The molecule has 1 unspecified atom stereocenters. The third kappa shape index (κ3) is 40.6. The predicted molar refractivity (Wildman–Crippen MR) is 224 cm³/mol. The number of carbonyl (C=O) groups is 3. The van der Waals surface area contributed by atoms with Gasteiger partial charge in [0.25, 0.3) is 0 Å². The Balaban J connectivity index is 4.23. The third-order valence-electron chi connectivity index (χ3n) is 9.62. The van der Waals surface area contributed by atoms with Crippen LogP contribution in [0, 0.1) is 0 Å². The van der Waals surface area contributed by atoms with Crippen molar-refractivity contribution in [1.82, 2.24) is 0 Å². The fourth-order valence-corrected chi connectivity index (χ4v) is 6.17. The van der Waals surface area contributed by atoms with Crippen LogP contribution in [-0.4, -0.2) is 37.2 Å². The van der Waals surface area contributed by atoms with E-state index in [-0.39, 0.29) is 31.1 Å². The van der Waals surface area contributed by atoms with Gasteiger partial charge in [0.2, 0.25) is 0 Å². The molecule has 0 saturated heterocycles. The molecule has 308 valence electrons.